The van der Waals surface area contributed by atoms with Crippen LogP contribution in [-0.2, 0) is 0 Å². The summed E-state index contributed by atoms with van der Waals surface area (Å²) in [5, 5.41) is 3.96. The molecule has 3 rings (SSSR count). The van der Waals surface area contributed by atoms with Crippen molar-refractivity contribution in [2.75, 3.05) is 7.11 Å². The third-order valence-electron chi connectivity index (χ3n) is 3.23. The van der Waals surface area contributed by atoms with Crippen LogP contribution in [0.1, 0.15) is 15.9 Å². The van der Waals surface area contributed by atoms with Gasteiger partial charge in [-0.25, -0.2) is 5.43 Å². The number of fused-ring (bicyclic) bond motifs is 1. The molecule has 1 N–H and O–H groups in total. The summed E-state index contributed by atoms with van der Waals surface area (Å²) in [7, 11) is 1.58. The zero-order valence-corrected chi connectivity index (χ0v) is 12.4. The van der Waals surface area contributed by atoms with Crippen molar-refractivity contribution in [2.45, 2.75) is 0 Å². The van der Waals surface area contributed by atoms with Crippen LogP contribution in [0.25, 0.3) is 11.0 Å². The number of carbonyl (C=O) groups excluding carboxylic acids is 1. The van der Waals surface area contributed by atoms with E-state index in [9.17, 15) is 4.79 Å². The highest BCUT2D eigenvalue weighted by Crippen LogP contribution is 2.11. The van der Waals surface area contributed by atoms with Crippen molar-refractivity contribution in [3.8, 4) is 5.75 Å². The van der Waals surface area contributed by atoms with E-state index in [4.69, 9.17) is 4.74 Å². The molecule has 0 spiro atoms. The highest BCUT2D eigenvalue weighted by atomic mass is 16.5. The smallest absolute Gasteiger partial charge is 0.271 e. The molecule has 1 heterocycles. The Morgan fingerprint density at radius 2 is 1.83 bits per heavy atom. The first-order valence-electron chi connectivity index (χ1n) is 6.94. The number of methoxy groups -OCH3 is 1. The number of ether oxygens (including phenoxy) is 1. The second-order valence-corrected chi connectivity index (χ2v) is 4.73. The van der Waals surface area contributed by atoms with Gasteiger partial charge in [0.1, 0.15) is 5.75 Å². The SMILES string of the molecule is COc1ccc(C(=O)N/N=C/c2ccc3nccnc3c2)cc1. The van der Waals surface area contributed by atoms with Gasteiger partial charge in [0, 0.05) is 18.0 Å². The minimum absolute atomic E-state index is 0.288. The Kier molecular flexibility index (Phi) is 4.24. The van der Waals surface area contributed by atoms with E-state index in [0.29, 0.717) is 11.3 Å². The van der Waals surface area contributed by atoms with Crippen LogP contribution in [0.4, 0.5) is 0 Å². The topological polar surface area (TPSA) is 76.5 Å². The molecule has 0 aliphatic rings. The van der Waals surface area contributed by atoms with Gasteiger partial charge in [0.15, 0.2) is 0 Å². The molecule has 0 bridgehead atoms. The summed E-state index contributed by atoms with van der Waals surface area (Å²) in [6, 6.07) is 12.4. The molecular weight excluding hydrogens is 292 g/mol. The van der Waals surface area contributed by atoms with Crippen molar-refractivity contribution in [1.82, 2.24) is 15.4 Å². The van der Waals surface area contributed by atoms with Gasteiger partial charge in [-0.05, 0) is 42.0 Å². The number of aromatic nitrogens is 2. The van der Waals surface area contributed by atoms with Crippen molar-refractivity contribution in [2.24, 2.45) is 5.10 Å². The van der Waals surface area contributed by atoms with E-state index in [1.54, 1.807) is 50.0 Å². The fourth-order valence-corrected chi connectivity index (χ4v) is 2.03. The summed E-state index contributed by atoms with van der Waals surface area (Å²) in [5.74, 6) is 0.409. The van der Waals surface area contributed by atoms with Gasteiger partial charge in [0.05, 0.1) is 24.4 Å². The van der Waals surface area contributed by atoms with E-state index in [-0.39, 0.29) is 5.91 Å². The van der Waals surface area contributed by atoms with E-state index < -0.39 is 0 Å². The maximum absolute atomic E-state index is 12.0. The van der Waals surface area contributed by atoms with Crippen molar-refractivity contribution < 1.29 is 9.53 Å². The highest BCUT2D eigenvalue weighted by molar-refractivity contribution is 5.95. The Balaban J connectivity index is 1.68. The third-order valence-corrected chi connectivity index (χ3v) is 3.23. The molecule has 0 radical (unpaired) electrons. The summed E-state index contributed by atoms with van der Waals surface area (Å²) in [5.41, 5.74) is 5.41. The van der Waals surface area contributed by atoms with Crippen LogP contribution >= 0.6 is 0 Å². The molecule has 2 aromatic carbocycles. The lowest BCUT2D eigenvalue weighted by molar-refractivity contribution is 0.0955. The largest absolute Gasteiger partial charge is 0.497 e. The lowest BCUT2D eigenvalue weighted by atomic mass is 10.2. The summed E-state index contributed by atoms with van der Waals surface area (Å²) < 4.78 is 5.05. The van der Waals surface area contributed by atoms with Crippen LogP contribution in [0.5, 0.6) is 5.75 Å². The fourth-order valence-electron chi connectivity index (χ4n) is 2.03. The van der Waals surface area contributed by atoms with E-state index in [0.717, 1.165) is 16.6 Å². The molecular formula is C17H14N4O2. The molecule has 1 aromatic heterocycles. The Morgan fingerprint density at radius 3 is 2.57 bits per heavy atom. The zero-order chi connectivity index (χ0) is 16.1. The second kappa shape index (κ2) is 6.65. The maximum atomic E-state index is 12.0. The van der Waals surface area contributed by atoms with Crippen LogP contribution in [0.15, 0.2) is 60.0 Å². The van der Waals surface area contributed by atoms with Crippen LogP contribution in [0, 0.1) is 0 Å². The molecule has 0 saturated heterocycles. The summed E-state index contributed by atoms with van der Waals surface area (Å²) in [4.78, 5) is 20.4. The van der Waals surface area contributed by atoms with Gasteiger partial charge >= 0.3 is 0 Å². The second-order valence-electron chi connectivity index (χ2n) is 4.73. The van der Waals surface area contributed by atoms with Crippen molar-refractivity contribution in [1.29, 1.82) is 0 Å². The minimum Gasteiger partial charge on any atom is -0.497 e. The van der Waals surface area contributed by atoms with Gasteiger partial charge in [0.25, 0.3) is 5.91 Å². The number of amides is 1. The lowest BCUT2D eigenvalue weighted by Crippen LogP contribution is -2.17. The first kappa shape index (κ1) is 14.6. The van der Waals surface area contributed by atoms with Gasteiger partial charge in [-0.2, -0.15) is 5.10 Å². The third kappa shape index (κ3) is 3.49. The number of carbonyl (C=O) groups is 1. The van der Waals surface area contributed by atoms with E-state index in [1.165, 1.54) is 0 Å². The Morgan fingerprint density at radius 1 is 1.09 bits per heavy atom. The molecule has 0 saturated carbocycles. The molecule has 0 aliphatic heterocycles. The molecule has 1 amide bonds. The predicted octanol–water partition coefficient (Wildman–Crippen LogP) is 2.40. The molecule has 0 atom stereocenters. The maximum Gasteiger partial charge on any atom is 0.271 e. The minimum atomic E-state index is -0.288. The number of hydrogen-bond acceptors (Lipinski definition) is 5. The summed E-state index contributed by atoms with van der Waals surface area (Å²) in [6.45, 7) is 0. The quantitative estimate of drug-likeness (QED) is 0.593. The molecule has 0 fully saturated rings. The van der Waals surface area contributed by atoms with Crippen molar-refractivity contribution >= 4 is 23.2 Å². The zero-order valence-electron chi connectivity index (χ0n) is 12.4. The highest BCUT2D eigenvalue weighted by Gasteiger charge is 2.03. The number of hydrogen-bond donors (Lipinski definition) is 1. The summed E-state index contributed by atoms with van der Waals surface area (Å²) in [6.07, 6.45) is 4.84. The van der Waals surface area contributed by atoms with Gasteiger partial charge in [0.2, 0.25) is 0 Å². The lowest BCUT2D eigenvalue weighted by Gasteiger charge is -2.02. The Labute approximate surface area is 132 Å². The fraction of sp³-hybridized carbons (Fsp3) is 0.0588. The Hall–Kier alpha value is -3.28. The van der Waals surface area contributed by atoms with Crippen molar-refractivity contribution in [3.05, 3.63) is 66.0 Å². The number of nitrogens with zero attached hydrogens (tertiary/aromatic N) is 3. The molecule has 114 valence electrons. The Bertz CT molecular complexity index is 860. The van der Waals surface area contributed by atoms with E-state index in [2.05, 4.69) is 20.5 Å². The van der Waals surface area contributed by atoms with Crippen LogP contribution < -0.4 is 10.2 Å². The monoisotopic (exact) mass is 306 g/mol. The summed E-state index contributed by atoms with van der Waals surface area (Å²) >= 11 is 0. The molecule has 6 heteroatoms. The van der Waals surface area contributed by atoms with Gasteiger partial charge in [-0.1, -0.05) is 6.07 Å². The van der Waals surface area contributed by atoms with Crippen molar-refractivity contribution in [3.63, 3.8) is 0 Å². The molecule has 23 heavy (non-hydrogen) atoms. The van der Waals surface area contributed by atoms with Crippen LogP contribution in [0.3, 0.4) is 0 Å². The van der Waals surface area contributed by atoms with Gasteiger partial charge in [-0.15, -0.1) is 0 Å². The normalized spacial score (nSPS) is 10.8. The number of rotatable bonds is 4. The average molecular weight is 306 g/mol. The number of hydrazone groups is 1. The molecule has 0 unspecified atom stereocenters. The molecule has 6 nitrogen and oxygen atoms in total. The number of nitrogens with one attached hydrogen (secondary N) is 1. The average Bonchev–Trinajstić information content (AvgIpc) is 2.61. The van der Waals surface area contributed by atoms with E-state index >= 15 is 0 Å². The van der Waals surface area contributed by atoms with Crippen LogP contribution in [0.2, 0.25) is 0 Å². The first-order chi connectivity index (χ1) is 11.3. The van der Waals surface area contributed by atoms with Gasteiger partial charge < -0.3 is 4.74 Å². The van der Waals surface area contributed by atoms with Crippen LogP contribution in [-0.4, -0.2) is 29.2 Å². The molecule has 3 aromatic rings. The van der Waals surface area contributed by atoms with E-state index in [1.807, 2.05) is 18.2 Å². The predicted molar refractivity (Wildman–Crippen MR) is 87.6 cm³/mol. The number of benzene rings is 2. The first-order valence-corrected chi connectivity index (χ1v) is 6.94. The standard InChI is InChI=1S/C17H14N4O2/c1-23-14-5-3-13(4-6-14)17(22)21-20-11-12-2-7-15-16(10-12)19-9-8-18-15/h2-11H,1H3,(H,21,22)/b20-11+. The van der Waals surface area contributed by atoms with Gasteiger partial charge in [-0.3, -0.25) is 14.8 Å². The molecule has 0 aliphatic carbocycles.